The number of rotatable bonds is 4. The number of ether oxygens (including phenoxy) is 2. The third-order valence-corrected chi connectivity index (χ3v) is 4.25. The predicted octanol–water partition coefficient (Wildman–Crippen LogP) is 3.02. The first-order valence-corrected chi connectivity index (χ1v) is 7.88. The van der Waals surface area contributed by atoms with Crippen molar-refractivity contribution in [2.45, 2.75) is 25.4 Å². The molecule has 8 heteroatoms. The number of carbonyl (C=O) groups excluding carboxylic acids is 1. The van der Waals surface area contributed by atoms with Gasteiger partial charge in [-0.25, -0.2) is 0 Å². The second-order valence-corrected chi connectivity index (χ2v) is 6.16. The minimum atomic E-state index is -4.11. The maximum atomic E-state index is 12.4. The van der Waals surface area contributed by atoms with Crippen molar-refractivity contribution in [1.29, 1.82) is 0 Å². The van der Waals surface area contributed by atoms with E-state index < -0.39 is 12.6 Å². The van der Waals surface area contributed by atoms with Gasteiger partial charge in [0.15, 0.2) is 11.5 Å². The van der Waals surface area contributed by atoms with Gasteiger partial charge in [-0.3, -0.25) is 9.69 Å². The molecule has 2 heterocycles. The Labute approximate surface area is 137 Å². The first-order chi connectivity index (χ1) is 11.4. The summed E-state index contributed by atoms with van der Waals surface area (Å²) >= 11 is 0. The summed E-state index contributed by atoms with van der Waals surface area (Å²) in [5.74, 6) is 0.696. The minimum Gasteiger partial charge on any atom is -0.454 e. The lowest BCUT2D eigenvalue weighted by molar-refractivity contribution is -0.147. The highest BCUT2D eigenvalue weighted by Crippen LogP contribution is 2.34. The summed E-state index contributed by atoms with van der Waals surface area (Å²) in [6, 6.07) is 5.14. The average molecular weight is 344 g/mol. The molecule has 0 aliphatic carbocycles. The molecular weight excluding hydrogens is 325 g/mol. The number of alkyl halides is 3. The molecule has 132 valence electrons. The Morgan fingerprint density at radius 3 is 2.62 bits per heavy atom. The van der Waals surface area contributed by atoms with Crippen molar-refractivity contribution in [3.05, 3.63) is 18.2 Å². The lowest BCUT2D eigenvalue weighted by atomic mass is 9.93. The summed E-state index contributed by atoms with van der Waals surface area (Å²) < 4.78 is 47.6. The third kappa shape index (κ3) is 4.53. The van der Waals surface area contributed by atoms with Crippen LogP contribution in [0.2, 0.25) is 0 Å². The van der Waals surface area contributed by atoms with E-state index in [9.17, 15) is 18.0 Å². The van der Waals surface area contributed by atoms with Crippen LogP contribution < -0.4 is 14.8 Å². The predicted molar refractivity (Wildman–Crippen MR) is 81.0 cm³/mol. The van der Waals surface area contributed by atoms with Crippen LogP contribution in [0.25, 0.3) is 0 Å². The van der Waals surface area contributed by atoms with Crippen molar-refractivity contribution in [3.63, 3.8) is 0 Å². The van der Waals surface area contributed by atoms with Gasteiger partial charge in [0.2, 0.25) is 12.7 Å². The van der Waals surface area contributed by atoms with Crippen molar-refractivity contribution >= 4 is 11.6 Å². The van der Waals surface area contributed by atoms with Crippen LogP contribution in [0.1, 0.15) is 19.3 Å². The Morgan fingerprint density at radius 2 is 1.92 bits per heavy atom. The van der Waals surface area contributed by atoms with Gasteiger partial charge in [-0.2, -0.15) is 13.2 Å². The van der Waals surface area contributed by atoms with E-state index in [1.54, 1.807) is 18.2 Å². The topological polar surface area (TPSA) is 50.8 Å². The Morgan fingerprint density at radius 1 is 1.21 bits per heavy atom. The molecule has 0 spiro atoms. The van der Waals surface area contributed by atoms with E-state index in [-0.39, 0.29) is 25.2 Å². The van der Waals surface area contributed by atoms with Crippen LogP contribution in [0.5, 0.6) is 11.5 Å². The number of hydrogen-bond acceptors (Lipinski definition) is 4. The quantitative estimate of drug-likeness (QED) is 0.912. The SMILES string of the molecule is O=C(CN1CCC(CC(F)(F)F)CC1)Nc1ccc2c(c1)OCO2. The van der Waals surface area contributed by atoms with Crippen LogP contribution >= 0.6 is 0 Å². The summed E-state index contributed by atoms with van der Waals surface area (Å²) in [6.07, 6.45) is -3.90. The molecular formula is C16H19F3N2O3. The maximum absolute atomic E-state index is 12.4. The summed E-state index contributed by atoms with van der Waals surface area (Å²) in [6.45, 7) is 1.36. The molecule has 24 heavy (non-hydrogen) atoms. The molecule has 1 aromatic carbocycles. The van der Waals surface area contributed by atoms with Crippen LogP contribution in [0.3, 0.4) is 0 Å². The number of benzene rings is 1. The molecule has 0 bridgehead atoms. The Kier molecular flexibility index (Phi) is 4.84. The van der Waals surface area contributed by atoms with Gasteiger partial charge < -0.3 is 14.8 Å². The van der Waals surface area contributed by atoms with E-state index in [1.807, 2.05) is 4.90 Å². The van der Waals surface area contributed by atoms with E-state index in [1.165, 1.54) is 0 Å². The van der Waals surface area contributed by atoms with E-state index >= 15 is 0 Å². The van der Waals surface area contributed by atoms with Gasteiger partial charge >= 0.3 is 6.18 Å². The van der Waals surface area contributed by atoms with Crippen LogP contribution in [-0.4, -0.2) is 43.4 Å². The van der Waals surface area contributed by atoms with E-state index in [4.69, 9.17) is 9.47 Å². The molecule has 3 rings (SSSR count). The van der Waals surface area contributed by atoms with E-state index in [0.717, 1.165) is 0 Å². The molecule has 2 aliphatic rings. The first-order valence-electron chi connectivity index (χ1n) is 7.88. The fourth-order valence-corrected chi connectivity index (χ4v) is 3.05. The van der Waals surface area contributed by atoms with Crippen molar-refractivity contribution in [2.75, 3.05) is 31.7 Å². The molecule has 1 amide bonds. The van der Waals surface area contributed by atoms with Gasteiger partial charge in [0, 0.05) is 18.2 Å². The highest BCUT2D eigenvalue weighted by molar-refractivity contribution is 5.92. The van der Waals surface area contributed by atoms with Crippen LogP contribution in [0.4, 0.5) is 18.9 Å². The minimum absolute atomic E-state index is 0.166. The number of hydrogen-bond donors (Lipinski definition) is 1. The van der Waals surface area contributed by atoms with Crippen LogP contribution in [-0.2, 0) is 4.79 Å². The highest BCUT2D eigenvalue weighted by atomic mass is 19.4. The fourth-order valence-electron chi connectivity index (χ4n) is 3.05. The second kappa shape index (κ2) is 6.88. The summed E-state index contributed by atoms with van der Waals surface area (Å²) in [7, 11) is 0. The highest BCUT2D eigenvalue weighted by Gasteiger charge is 2.33. The van der Waals surface area contributed by atoms with Gasteiger partial charge in [-0.15, -0.1) is 0 Å². The second-order valence-electron chi connectivity index (χ2n) is 6.16. The molecule has 0 unspecified atom stereocenters. The number of anilines is 1. The summed E-state index contributed by atoms with van der Waals surface area (Å²) in [4.78, 5) is 14.0. The standard InChI is InChI=1S/C16H19F3N2O3/c17-16(18,19)8-11-3-5-21(6-4-11)9-15(22)20-12-1-2-13-14(7-12)24-10-23-13/h1-2,7,11H,3-6,8-10H2,(H,20,22). The largest absolute Gasteiger partial charge is 0.454 e. The Bertz CT molecular complexity index is 599. The normalized spacial score (nSPS) is 18.6. The molecule has 0 aromatic heterocycles. The first kappa shape index (κ1) is 16.9. The number of nitrogens with one attached hydrogen (secondary N) is 1. The molecule has 1 fully saturated rings. The number of carbonyl (C=O) groups is 1. The number of amides is 1. The monoisotopic (exact) mass is 344 g/mol. The van der Waals surface area contributed by atoms with Crippen LogP contribution in [0, 0.1) is 5.92 Å². The molecule has 0 atom stereocenters. The summed E-state index contributed by atoms with van der Waals surface area (Å²) in [5, 5.41) is 2.77. The fraction of sp³-hybridized carbons (Fsp3) is 0.562. The smallest absolute Gasteiger partial charge is 0.389 e. The van der Waals surface area contributed by atoms with Gasteiger partial charge in [0.05, 0.1) is 6.54 Å². The van der Waals surface area contributed by atoms with E-state index in [0.29, 0.717) is 43.1 Å². The zero-order valence-electron chi connectivity index (χ0n) is 13.1. The molecule has 1 saturated heterocycles. The molecule has 1 aromatic rings. The van der Waals surface area contributed by atoms with Gasteiger partial charge in [-0.05, 0) is 44.0 Å². The van der Waals surface area contributed by atoms with Gasteiger partial charge in [0.25, 0.3) is 0 Å². The number of fused-ring (bicyclic) bond motifs is 1. The van der Waals surface area contributed by atoms with Crippen molar-refractivity contribution in [2.24, 2.45) is 5.92 Å². The lowest BCUT2D eigenvalue weighted by Crippen LogP contribution is -2.40. The number of piperidine rings is 1. The molecule has 2 aliphatic heterocycles. The lowest BCUT2D eigenvalue weighted by Gasteiger charge is -2.31. The number of nitrogens with zero attached hydrogens (tertiary/aromatic N) is 1. The zero-order valence-corrected chi connectivity index (χ0v) is 13.1. The van der Waals surface area contributed by atoms with Gasteiger partial charge in [0.1, 0.15) is 0 Å². The number of halogens is 3. The Hall–Kier alpha value is -1.96. The number of likely N-dealkylation sites (tertiary alicyclic amines) is 1. The van der Waals surface area contributed by atoms with E-state index in [2.05, 4.69) is 5.32 Å². The van der Waals surface area contributed by atoms with Crippen molar-refractivity contribution < 1.29 is 27.4 Å². The van der Waals surface area contributed by atoms with Crippen LogP contribution in [0.15, 0.2) is 18.2 Å². The Balaban J connectivity index is 1.44. The van der Waals surface area contributed by atoms with Crippen molar-refractivity contribution in [1.82, 2.24) is 4.90 Å². The average Bonchev–Trinajstić information content (AvgIpc) is 2.95. The molecule has 5 nitrogen and oxygen atoms in total. The maximum Gasteiger partial charge on any atom is 0.389 e. The molecule has 0 radical (unpaired) electrons. The zero-order chi connectivity index (χ0) is 17.2. The summed E-state index contributed by atoms with van der Waals surface area (Å²) in [5.41, 5.74) is 0.608. The van der Waals surface area contributed by atoms with Gasteiger partial charge in [-0.1, -0.05) is 0 Å². The third-order valence-electron chi connectivity index (χ3n) is 4.25. The molecule has 0 saturated carbocycles. The molecule has 1 N–H and O–H groups in total. The van der Waals surface area contributed by atoms with Crippen molar-refractivity contribution in [3.8, 4) is 11.5 Å².